The molecular formula is C9H10ClFN2O2. The quantitative estimate of drug-likeness (QED) is 0.795. The Labute approximate surface area is 89.7 Å². The van der Waals surface area contributed by atoms with Gasteiger partial charge in [0.2, 0.25) is 5.82 Å². The summed E-state index contributed by atoms with van der Waals surface area (Å²) >= 11 is 5.32. The molecule has 0 saturated heterocycles. The summed E-state index contributed by atoms with van der Waals surface area (Å²) in [7, 11) is 0. The van der Waals surface area contributed by atoms with Gasteiger partial charge in [-0.1, -0.05) is 24.4 Å². The third-order valence-corrected chi connectivity index (χ3v) is 2.81. The van der Waals surface area contributed by atoms with Gasteiger partial charge in [0.05, 0.1) is 0 Å². The van der Waals surface area contributed by atoms with Gasteiger partial charge in [-0.25, -0.2) is 4.79 Å². The zero-order valence-corrected chi connectivity index (χ0v) is 8.68. The van der Waals surface area contributed by atoms with Crippen LogP contribution in [0.25, 0.3) is 0 Å². The summed E-state index contributed by atoms with van der Waals surface area (Å²) in [6, 6.07) is 0. The molecule has 2 rings (SSSR count). The van der Waals surface area contributed by atoms with E-state index >= 15 is 0 Å². The number of hydrogen-bond acceptors (Lipinski definition) is 2. The number of halogens is 2. The van der Waals surface area contributed by atoms with Gasteiger partial charge in [0.25, 0.3) is 5.56 Å². The lowest BCUT2D eigenvalue weighted by Crippen LogP contribution is -2.37. The first-order chi connectivity index (χ1) is 7.09. The normalized spacial score (nSPS) is 15.6. The van der Waals surface area contributed by atoms with Crippen LogP contribution in [0.3, 0.4) is 0 Å². The lowest BCUT2D eigenvalue weighted by molar-refractivity contribution is 0.511. The second kappa shape index (κ2) is 3.81. The summed E-state index contributed by atoms with van der Waals surface area (Å²) in [6.07, 6.45) is 3.00. The van der Waals surface area contributed by atoms with Crippen molar-refractivity contribution in [1.82, 2.24) is 9.55 Å². The molecule has 15 heavy (non-hydrogen) atoms. The average Bonchev–Trinajstić information content (AvgIpc) is 2.98. The topological polar surface area (TPSA) is 54.9 Å². The molecule has 0 amide bonds. The molecule has 1 fully saturated rings. The van der Waals surface area contributed by atoms with E-state index in [2.05, 4.69) is 4.98 Å². The molecule has 6 heteroatoms. The molecule has 1 N–H and O–H groups in total. The van der Waals surface area contributed by atoms with E-state index in [1.165, 1.54) is 0 Å². The average molecular weight is 233 g/mol. The predicted octanol–water partition coefficient (Wildman–Crippen LogP) is 1.13. The summed E-state index contributed by atoms with van der Waals surface area (Å²) in [5, 5.41) is -0.521. The summed E-state index contributed by atoms with van der Waals surface area (Å²) in [5.41, 5.74) is -1.59. The van der Waals surface area contributed by atoms with Crippen molar-refractivity contribution in [3.05, 3.63) is 31.8 Å². The van der Waals surface area contributed by atoms with Gasteiger partial charge < -0.3 is 0 Å². The molecule has 0 spiro atoms. The molecule has 1 aromatic rings. The molecule has 1 aliphatic rings. The molecule has 0 aromatic carbocycles. The molecule has 0 bridgehead atoms. The molecule has 0 atom stereocenters. The third kappa shape index (κ3) is 2.12. The zero-order valence-electron chi connectivity index (χ0n) is 7.93. The van der Waals surface area contributed by atoms with Gasteiger partial charge in [-0.15, -0.1) is 0 Å². The van der Waals surface area contributed by atoms with Crippen LogP contribution in [0.2, 0.25) is 5.15 Å². The van der Waals surface area contributed by atoms with E-state index < -0.39 is 22.2 Å². The molecule has 0 aliphatic heterocycles. The molecule has 4 nitrogen and oxygen atoms in total. The van der Waals surface area contributed by atoms with Crippen LogP contribution >= 0.6 is 11.6 Å². The molecule has 0 radical (unpaired) electrons. The van der Waals surface area contributed by atoms with Crippen molar-refractivity contribution >= 4 is 11.6 Å². The molecule has 1 heterocycles. The van der Waals surface area contributed by atoms with Crippen molar-refractivity contribution in [3.63, 3.8) is 0 Å². The molecular weight excluding hydrogens is 223 g/mol. The van der Waals surface area contributed by atoms with Crippen molar-refractivity contribution < 1.29 is 4.39 Å². The predicted molar refractivity (Wildman–Crippen MR) is 53.6 cm³/mol. The standard InChI is InChI=1S/C9H10ClFN2O2/c10-7-6(11)8(14)13(9(15)12-7)4-3-5-1-2-5/h5H,1-4H2,(H,12,15). The Morgan fingerprint density at radius 2 is 2.13 bits per heavy atom. The van der Waals surface area contributed by atoms with Crippen molar-refractivity contribution in [1.29, 1.82) is 0 Å². The Hall–Kier alpha value is -1.10. The highest BCUT2D eigenvalue weighted by molar-refractivity contribution is 6.29. The fraction of sp³-hybridized carbons (Fsp3) is 0.556. The second-order valence-corrected chi connectivity index (χ2v) is 4.12. The van der Waals surface area contributed by atoms with Crippen molar-refractivity contribution in [2.45, 2.75) is 25.8 Å². The smallest absolute Gasteiger partial charge is 0.295 e. The van der Waals surface area contributed by atoms with Crippen LogP contribution in [-0.4, -0.2) is 9.55 Å². The fourth-order valence-corrected chi connectivity index (χ4v) is 1.60. The van der Waals surface area contributed by atoms with E-state index in [1.54, 1.807) is 0 Å². The molecule has 0 unspecified atom stereocenters. The minimum atomic E-state index is -1.09. The number of hydrogen-bond donors (Lipinski definition) is 1. The van der Waals surface area contributed by atoms with Gasteiger partial charge in [-0.2, -0.15) is 4.39 Å². The summed E-state index contributed by atoms with van der Waals surface area (Å²) in [5.74, 6) is -0.512. The number of aromatic amines is 1. The number of nitrogens with zero attached hydrogens (tertiary/aromatic N) is 1. The molecule has 1 aromatic heterocycles. The van der Waals surface area contributed by atoms with Gasteiger partial charge in [0.1, 0.15) is 0 Å². The van der Waals surface area contributed by atoms with Crippen LogP contribution in [0, 0.1) is 11.7 Å². The Bertz CT molecular complexity index is 490. The van der Waals surface area contributed by atoms with E-state index in [-0.39, 0.29) is 6.54 Å². The first-order valence-electron chi connectivity index (χ1n) is 4.77. The van der Waals surface area contributed by atoms with E-state index in [4.69, 9.17) is 11.6 Å². The minimum absolute atomic E-state index is 0.257. The summed E-state index contributed by atoms with van der Waals surface area (Å²) < 4.78 is 13.9. The van der Waals surface area contributed by atoms with Crippen LogP contribution < -0.4 is 11.2 Å². The van der Waals surface area contributed by atoms with E-state index in [0.717, 1.165) is 23.8 Å². The van der Waals surface area contributed by atoms with Gasteiger partial charge in [-0.05, 0) is 12.3 Å². The van der Waals surface area contributed by atoms with E-state index in [9.17, 15) is 14.0 Å². The van der Waals surface area contributed by atoms with Gasteiger partial charge in [0.15, 0.2) is 5.15 Å². The maximum Gasteiger partial charge on any atom is 0.329 e. The maximum absolute atomic E-state index is 13.1. The Kier molecular flexibility index (Phi) is 2.65. The second-order valence-electron chi connectivity index (χ2n) is 3.75. The number of H-pyrrole nitrogens is 1. The van der Waals surface area contributed by atoms with Crippen LogP contribution in [-0.2, 0) is 6.54 Å². The van der Waals surface area contributed by atoms with Crippen LogP contribution in [0.4, 0.5) is 4.39 Å². The lowest BCUT2D eigenvalue weighted by Gasteiger charge is -2.03. The van der Waals surface area contributed by atoms with Gasteiger partial charge in [0, 0.05) is 6.54 Å². The third-order valence-electron chi connectivity index (χ3n) is 2.55. The minimum Gasteiger partial charge on any atom is -0.295 e. The van der Waals surface area contributed by atoms with Crippen molar-refractivity contribution in [3.8, 4) is 0 Å². The van der Waals surface area contributed by atoms with Gasteiger partial charge >= 0.3 is 5.69 Å². The fourth-order valence-electron chi connectivity index (χ4n) is 1.44. The molecule has 1 saturated carbocycles. The van der Waals surface area contributed by atoms with Gasteiger partial charge in [-0.3, -0.25) is 14.3 Å². The summed E-state index contributed by atoms with van der Waals surface area (Å²) in [6.45, 7) is 0.257. The SMILES string of the molecule is O=c1[nH]c(Cl)c(F)c(=O)n1CCC1CC1. The Morgan fingerprint density at radius 1 is 1.47 bits per heavy atom. The number of rotatable bonds is 3. The van der Waals surface area contributed by atoms with E-state index in [0.29, 0.717) is 5.92 Å². The highest BCUT2D eigenvalue weighted by Crippen LogP contribution is 2.32. The highest BCUT2D eigenvalue weighted by Gasteiger charge is 2.22. The molecule has 1 aliphatic carbocycles. The van der Waals surface area contributed by atoms with Crippen LogP contribution in [0.5, 0.6) is 0 Å². The van der Waals surface area contributed by atoms with E-state index in [1.807, 2.05) is 0 Å². The van der Waals surface area contributed by atoms with Crippen molar-refractivity contribution in [2.24, 2.45) is 5.92 Å². The monoisotopic (exact) mass is 232 g/mol. The Balaban J connectivity index is 2.32. The zero-order chi connectivity index (χ0) is 11.0. The maximum atomic E-state index is 13.1. The van der Waals surface area contributed by atoms with Crippen LogP contribution in [0.15, 0.2) is 9.59 Å². The Morgan fingerprint density at radius 3 is 2.73 bits per heavy atom. The number of nitrogens with one attached hydrogen (secondary N) is 1. The molecule has 82 valence electrons. The summed E-state index contributed by atoms with van der Waals surface area (Å²) in [4.78, 5) is 24.7. The first-order valence-corrected chi connectivity index (χ1v) is 5.15. The van der Waals surface area contributed by atoms with Crippen LogP contribution in [0.1, 0.15) is 19.3 Å². The lowest BCUT2D eigenvalue weighted by atomic mass is 10.3. The number of aromatic nitrogens is 2. The first kappa shape index (κ1) is 10.4. The van der Waals surface area contributed by atoms with Crippen molar-refractivity contribution in [2.75, 3.05) is 0 Å². The highest BCUT2D eigenvalue weighted by atomic mass is 35.5. The largest absolute Gasteiger partial charge is 0.329 e.